The average Bonchev–Trinajstić information content (AvgIpc) is 2.89. The van der Waals surface area contributed by atoms with Gasteiger partial charge in [-0.1, -0.05) is 11.6 Å². The van der Waals surface area contributed by atoms with Crippen LogP contribution in [0.1, 0.15) is 37.6 Å². The lowest BCUT2D eigenvalue weighted by atomic mass is 10.2. The fourth-order valence-corrected chi connectivity index (χ4v) is 2.84. The molecule has 1 nitrogen and oxygen atoms in total. The summed E-state index contributed by atoms with van der Waals surface area (Å²) in [5.74, 6) is 0.910. The Morgan fingerprint density at radius 1 is 1.43 bits per heavy atom. The van der Waals surface area contributed by atoms with E-state index in [9.17, 15) is 0 Å². The maximum absolute atomic E-state index is 5.91. The number of rotatable bonds is 4. The van der Waals surface area contributed by atoms with Crippen molar-refractivity contribution in [3.05, 3.63) is 21.3 Å². The molecule has 1 fully saturated rings. The Kier molecular flexibility index (Phi) is 3.15. The molecule has 1 aliphatic rings. The van der Waals surface area contributed by atoms with Crippen LogP contribution < -0.4 is 5.32 Å². The van der Waals surface area contributed by atoms with Crippen LogP contribution in [-0.4, -0.2) is 6.04 Å². The molecule has 0 spiro atoms. The van der Waals surface area contributed by atoms with Crippen LogP contribution in [0.5, 0.6) is 0 Å². The molecule has 0 aromatic carbocycles. The Labute approximate surface area is 94.5 Å². The fraction of sp³-hybridized carbons (Fsp3) is 0.636. The lowest BCUT2D eigenvalue weighted by Crippen LogP contribution is -2.30. The maximum Gasteiger partial charge on any atom is 0.0931 e. The summed E-state index contributed by atoms with van der Waals surface area (Å²) in [5.41, 5.74) is 0. The number of nitrogens with one attached hydrogen (secondary N) is 1. The molecule has 0 saturated heterocycles. The highest BCUT2D eigenvalue weighted by molar-refractivity contribution is 7.16. The predicted molar refractivity (Wildman–Crippen MR) is 63.1 cm³/mol. The summed E-state index contributed by atoms with van der Waals surface area (Å²) in [6.45, 7) is 4.49. The zero-order valence-corrected chi connectivity index (χ0v) is 10.2. The standard InChI is InChI=1S/C11H16ClNS/c1-7(9-3-4-9)13-8(2)10-5-6-11(12)14-10/h5-9,13H,3-4H2,1-2H3. The van der Waals surface area contributed by atoms with Gasteiger partial charge in [0.25, 0.3) is 0 Å². The molecule has 14 heavy (non-hydrogen) atoms. The number of halogens is 1. The zero-order chi connectivity index (χ0) is 10.1. The quantitative estimate of drug-likeness (QED) is 0.827. The van der Waals surface area contributed by atoms with Gasteiger partial charge in [-0.3, -0.25) is 0 Å². The molecular formula is C11H16ClNS. The molecule has 1 aromatic heterocycles. The van der Waals surface area contributed by atoms with Crippen molar-refractivity contribution in [1.29, 1.82) is 0 Å². The van der Waals surface area contributed by atoms with E-state index in [2.05, 4.69) is 25.2 Å². The van der Waals surface area contributed by atoms with Gasteiger partial charge in [0.15, 0.2) is 0 Å². The second kappa shape index (κ2) is 4.21. The summed E-state index contributed by atoms with van der Waals surface area (Å²) in [7, 11) is 0. The van der Waals surface area contributed by atoms with Crippen molar-refractivity contribution < 1.29 is 0 Å². The topological polar surface area (TPSA) is 12.0 Å². The first-order valence-electron chi connectivity index (χ1n) is 5.18. The van der Waals surface area contributed by atoms with E-state index in [1.54, 1.807) is 11.3 Å². The molecule has 0 aliphatic heterocycles. The summed E-state index contributed by atoms with van der Waals surface area (Å²) in [5, 5.41) is 3.62. The van der Waals surface area contributed by atoms with Gasteiger partial charge in [-0.15, -0.1) is 11.3 Å². The Morgan fingerprint density at radius 2 is 2.14 bits per heavy atom. The van der Waals surface area contributed by atoms with Crippen LogP contribution in [-0.2, 0) is 0 Å². The van der Waals surface area contributed by atoms with E-state index in [1.165, 1.54) is 17.7 Å². The Balaban J connectivity index is 1.91. The Morgan fingerprint density at radius 3 is 2.64 bits per heavy atom. The average molecular weight is 230 g/mol. The molecule has 1 N–H and O–H groups in total. The third-order valence-electron chi connectivity index (χ3n) is 2.86. The normalized spacial score (nSPS) is 20.8. The minimum absolute atomic E-state index is 0.433. The highest BCUT2D eigenvalue weighted by Crippen LogP contribution is 2.34. The summed E-state index contributed by atoms with van der Waals surface area (Å²) < 4.78 is 0.882. The molecule has 2 unspecified atom stereocenters. The molecule has 0 amide bonds. The van der Waals surface area contributed by atoms with Crippen molar-refractivity contribution >= 4 is 22.9 Å². The molecule has 2 rings (SSSR count). The molecule has 1 heterocycles. The fourth-order valence-electron chi connectivity index (χ4n) is 1.77. The van der Waals surface area contributed by atoms with Crippen LogP contribution in [0.4, 0.5) is 0 Å². The van der Waals surface area contributed by atoms with E-state index in [0.717, 1.165) is 10.3 Å². The second-order valence-corrected chi connectivity index (χ2v) is 5.90. The van der Waals surface area contributed by atoms with Crippen LogP contribution >= 0.6 is 22.9 Å². The number of hydrogen-bond donors (Lipinski definition) is 1. The van der Waals surface area contributed by atoms with Crippen molar-refractivity contribution in [2.45, 2.75) is 38.8 Å². The summed E-state index contributed by atoms with van der Waals surface area (Å²) in [6.07, 6.45) is 2.79. The van der Waals surface area contributed by atoms with E-state index in [4.69, 9.17) is 11.6 Å². The van der Waals surface area contributed by atoms with Gasteiger partial charge in [-0.05, 0) is 44.7 Å². The van der Waals surface area contributed by atoms with Crippen LogP contribution in [0.25, 0.3) is 0 Å². The first-order chi connectivity index (χ1) is 6.66. The van der Waals surface area contributed by atoms with Crippen LogP contribution in [0.2, 0.25) is 4.34 Å². The van der Waals surface area contributed by atoms with Gasteiger partial charge in [0, 0.05) is 17.0 Å². The van der Waals surface area contributed by atoms with Crippen molar-refractivity contribution in [3.8, 4) is 0 Å². The largest absolute Gasteiger partial charge is 0.307 e. The lowest BCUT2D eigenvalue weighted by molar-refractivity contribution is 0.445. The van der Waals surface area contributed by atoms with E-state index >= 15 is 0 Å². The summed E-state index contributed by atoms with van der Waals surface area (Å²) >= 11 is 7.58. The second-order valence-electron chi connectivity index (χ2n) is 4.16. The molecule has 78 valence electrons. The Hall–Kier alpha value is -0.0500. The highest BCUT2D eigenvalue weighted by atomic mass is 35.5. The van der Waals surface area contributed by atoms with Gasteiger partial charge in [0.05, 0.1) is 4.34 Å². The first kappa shape index (κ1) is 10.5. The maximum atomic E-state index is 5.91. The molecule has 0 radical (unpaired) electrons. The van der Waals surface area contributed by atoms with Crippen molar-refractivity contribution in [2.24, 2.45) is 5.92 Å². The van der Waals surface area contributed by atoms with Crippen LogP contribution in [0.3, 0.4) is 0 Å². The van der Waals surface area contributed by atoms with Gasteiger partial charge < -0.3 is 5.32 Å². The predicted octanol–water partition coefficient (Wildman–Crippen LogP) is 3.85. The minimum atomic E-state index is 0.433. The van der Waals surface area contributed by atoms with Crippen molar-refractivity contribution in [3.63, 3.8) is 0 Å². The van der Waals surface area contributed by atoms with Gasteiger partial charge in [-0.2, -0.15) is 0 Å². The van der Waals surface area contributed by atoms with Crippen LogP contribution in [0, 0.1) is 5.92 Å². The van der Waals surface area contributed by atoms with Gasteiger partial charge in [0.2, 0.25) is 0 Å². The summed E-state index contributed by atoms with van der Waals surface area (Å²) in [6, 6.07) is 5.17. The first-order valence-corrected chi connectivity index (χ1v) is 6.37. The lowest BCUT2D eigenvalue weighted by Gasteiger charge is -2.18. The number of thiophene rings is 1. The van der Waals surface area contributed by atoms with E-state index < -0.39 is 0 Å². The Bertz CT molecular complexity index is 306. The zero-order valence-electron chi connectivity index (χ0n) is 8.59. The third-order valence-corrected chi connectivity index (χ3v) is 4.28. The molecule has 3 heteroatoms. The molecular weight excluding hydrogens is 214 g/mol. The SMILES string of the molecule is CC(NC(C)C1CC1)c1ccc(Cl)s1. The van der Waals surface area contributed by atoms with Gasteiger partial charge in [-0.25, -0.2) is 0 Å². The molecule has 1 saturated carbocycles. The van der Waals surface area contributed by atoms with E-state index in [0.29, 0.717) is 12.1 Å². The monoisotopic (exact) mass is 229 g/mol. The minimum Gasteiger partial charge on any atom is -0.307 e. The summed E-state index contributed by atoms with van der Waals surface area (Å²) in [4.78, 5) is 1.34. The van der Waals surface area contributed by atoms with Crippen LogP contribution in [0.15, 0.2) is 12.1 Å². The van der Waals surface area contributed by atoms with E-state index in [-0.39, 0.29) is 0 Å². The molecule has 1 aliphatic carbocycles. The van der Waals surface area contributed by atoms with E-state index in [1.807, 2.05) is 6.07 Å². The number of hydrogen-bond acceptors (Lipinski definition) is 2. The van der Waals surface area contributed by atoms with Gasteiger partial charge >= 0.3 is 0 Å². The smallest absolute Gasteiger partial charge is 0.0931 e. The highest BCUT2D eigenvalue weighted by Gasteiger charge is 2.28. The van der Waals surface area contributed by atoms with Crippen molar-refractivity contribution in [1.82, 2.24) is 5.32 Å². The third kappa shape index (κ3) is 2.50. The molecule has 0 bridgehead atoms. The molecule has 1 aromatic rings. The van der Waals surface area contributed by atoms with Crippen molar-refractivity contribution in [2.75, 3.05) is 0 Å². The molecule has 2 atom stereocenters. The van der Waals surface area contributed by atoms with Gasteiger partial charge in [0.1, 0.15) is 0 Å².